The molecular formula is C23H21ClO3S. The van der Waals surface area contributed by atoms with Crippen LogP contribution in [0.2, 0.25) is 5.02 Å². The normalized spacial score (nSPS) is 10.5. The first-order valence-corrected chi connectivity index (χ1v) is 10.3. The summed E-state index contributed by atoms with van der Waals surface area (Å²) >= 11 is 7.84. The number of hydrogen-bond acceptors (Lipinski definition) is 4. The number of esters is 1. The standard InChI is InChI=1S/C23H21ClO3S/c1-2-7-23(25)27-22-13-12-20(15-21(22)24)28-19-11-6-10-18(14-19)26-16-17-8-4-3-5-9-17/h3-6,8-15H,2,7,16H2,1H3. The molecule has 0 aliphatic carbocycles. The van der Waals surface area contributed by atoms with Crippen molar-refractivity contribution in [2.24, 2.45) is 0 Å². The van der Waals surface area contributed by atoms with Crippen LogP contribution in [0.5, 0.6) is 11.5 Å². The quantitative estimate of drug-likeness (QED) is 0.302. The summed E-state index contributed by atoms with van der Waals surface area (Å²) in [6, 6.07) is 23.4. The smallest absolute Gasteiger partial charge is 0.311 e. The van der Waals surface area contributed by atoms with Crippen molar-refractivity contribution in [3.63, 3.8) is 0 Å². The Morgan fingerprint density at radius 1 is 0.964 bits per heavy atom. The van der Waals surface area contributed by atoms with Crippen LogP contribution >= 0.6 is 23.4 Å². The number of halogens is 1. The van der Waals surface area contributed by atoms with Crippen molar-refractivity contribution in [3.8, 4) is 11.5 Å². The number of rotatable bonds is 8. The number of benzene rings is 3. The van der Waals surface area contributed by atoms with Gasteiger partial charge in [-0.1, -0.05) is 66.7 Å². The molecule has 3 aromatic rings. The third kappa shape index (κ3) is 6.04. The summed E-state index contributed by atoms with van der Waals surface area (Å²) in [5, 5.41) is 0.422. The van der Waals surface area contributed by atoms with Gasteiger partial charge in [0.15, 0.2) is 0 Å². The van der Waals surface area contributed by atoms with Gasteiger partial charge in [-0.05, 0) is 48.4 Å². The second-order valence-corrected chi connectivity index (χ2v) is 7.72. The zero-order chi connectivity index (χ0) is 19.8. The first kappa shape index (κ1) is 20.3. The lowest BCUT2D eigenvalue weighted by molar-refractivity contribution is -0.134. The number of carbonyl (C=O) groups excluding carboxylic acids is 1. The lowest BCUT2D eigenvalue weighted by atomic mass is 10.2. The molecule has 0 N–H and O–H groups in total. The van der Waals surface area contributed by atoms with E-state index < -0.39 is 0 Å². The molecule has 0 amide bonds. The average molecular weight is 413 g/mol. The molecule has 3 nitrogen and oxygen atoms in total. The van der Waals surface area contributed by atoms with Crippen LogP contribution in [-0.4, -0.2) is 5.97 Å². The van der Waals surface area contributed by atoms with Gasteiger partial charge in [0.05, 0.1) is 5.02 Å². The van der Waals surface area contributed by atoms with Gasteiger partial charge in [0.25, 0.3) is 0 Å². The van der Waals surface area contributed by atoms with Gasteiger partial charge in [-0.15, -0.1) is 0 Å². The second kappa shape index (κ2) is 10.2. The molecule has 0 radical (unpaired) electrons. The molecule has 0 unspecified atom stereocenters. The van der Waals surface area contributed by atoms with Crippen molar-refractivity contribution in [3.05, 3.63) is 83.4 Å². The molecule has 0 saturated heterocycles. The van der Waals surface area contributed by atoms with Crippen LogP contribution in [-0.2, 0) is 11.4 Å². The molecule has 0 atom stereocenters. The molecule has 3 rings (SSSR count). The summed E-state index contributed by atoms with van der Waals surface area (Å²) in [7, 11) is 0. The molecule has 0 fully saturated rings. The minimum Gasteiger partial charge on any atom is -0.489 e. The van der Waals surface area contributed by atoms with Gasteiger partial charge in [-0.2, -0.15) is 0 Å². The lowest BCUT2D eigenvalue weighted by Crippen LogP contribution is -2.07. The summed E-state index contributed by atoms with van der Waals surface area (Å²) in [4.78, 5) is 13.6. The monoisotopic (exact) mass is 412 g/mol. The van der Waals surface area contributed by atoms with E-state index in [1.54, 1.807) is 23.9 Å². The van der Waals surface area contributed by atoms with Gasteiger partial charge in [-0.25, -0.2) is 0 Å². The molecule has 0 aliphatic rings. The van der Waals surface area contributed by atoms with E-state index in [1.165, 1.54) is 0 Å². The first-order valence-electron chi connectivity index (χ1n) is 9.09. The summed E-state index contributed by atoms with van der Waals surface area (Å²) in [6.07, 6.45) is 1.12. The van der Waals surface area contributed by atoms with E-state index in [9.17, 15) is 4.79 Å². The summed E-state index contributed by atoms with van der Waals surface area (Å²) in [6.45, 7) is 2.46. The van der Waals surface area contributed by atoms with E-state index in [2.05, 4.69) is 0 Å². The van der Waals surface area contributed by atoms with Crippen LogP contribution < -0.4 is 9.47 Å². The Bertz CT molecular complexity index is 928. The van der Waals surface area contributed by atoms with Gasteiger partial charge in [0.1, 0.15) is 18.1 Å². The lowest BCUT2D eigenvalue weighted by Gasteiger charge is -2.10. The Kier molecular flexibility index (Phi) is 7.40. The third-order valence-corrected chi connectivity index (χ3v) is 5.15. The van der Waals surface area contributed by atoms with Gasteiger partial charge in [0.2, 0.25) is 0 Å². The maximum absolute atomic E-state index is 11.6. The Hall–Kier alpha value is -2.43. The molecule has 0 aromatic heterocycles. The van der Waals surface area contributed by atoms with E-state index in [4.69, 9.17) is 21.1 Å². The van der Waals surface area contributed by atoms with Crippen LogP contribution in [0.3, 0.4) is 0 Å². The molecule has 5 heteroatoms. The largest absolute Gasteiger partial charge is 0.489 e. The molecule has 0 bridgehead atoms. The second-order valence-electron chi connectivity index (χ2n) is 6.17. The van der Waals surface area contributed by atoms with Gasteiger partial charge >= 0.3 is 5.97 Å². The van der Waals surface area contributed by atoms with Crippen molar-refractivity contribution in [1.82, 2.24) is 0 Å². The molecule has 0 aliphatic heterocycles. The van der Waals surface area contributed by atoms with Crippen LogP contribution in [0, 0.1) is 0 Å². The topological polar surface area (TPSA) is 35.5 Å². The van der Waals surface area contributed by atoms with Gasteiger partial charge in [-0.3, -0.25) is 4.79 Å². The fourth-order valence-corrected chi connectivity index (χ4v) is 3.70. The highest BCUT2D eigenvalue weighted by Crippen LogP contribution is 2.35. The molecule has 0 spiro atoms. The zero-order valence-corrected chi connectivity index (χ0v) is 17.1. The molecule has 0 heterocycles. The van der Waals surface area contributed by atoms with Crippen LogP contribution in [0.4, 0.5) is 0 Å². The average Bonchev–Trinajstić information content (AvgIpc) is 2.70. The zero-order valence-electron chi connectivity index (χ0n) is 15.6. The van der Waals surface area contributed by atoms with Gasteiger partial charge < -0.3 is 9.47 Å². The van der Waals surface area contributed by atoms with Crippen molar-refractivity contribution < 1.29 is 14.3 Å². The fourth-order valence-electron chi connectivity index (χ4n) is 2.51. The van der Waals surface area contributed by atoms with E-state index in [0.29, 0.717) is 23.8 Å². The molecule has 3 aromatic carbocycles. The van der Waals surface area contributed by atoms with E-state index >= 15 is 0 Å². The number of ether oxygens (including phenoxy) is 2. The minimum absolute atomic E-state index is 0.270. The van der Waals surface area contributed by atoms with Crippen molar-refractivity contribution in [2.75, 3.05) is 0 Å². The third-order valence-electron chi connectivity index (χ3n) is 3.87. The SMILES string of the molecule is CCCC(=O)Oc1ccc(Sc2cccc(OCc3ccccc3)c2)cc1Cl. The predicted octanol–water partition coefficient (Wildman–Crippen LogP) is 6.78. The Balaban J connectivity index is 1.63. The van der Waals surface area contributed by atoms with Crippen LogP contribution in [0.25, 0.3) is 0 Å². The molecular weight excluding hydrogens is 392 g/mol. The maximum Gasteiger partial charge on any atom is 0.311 e. The summed E-state index contributed by atoms with van der Waals surface area (Å²) < 4.78 is 11.2. The Morgan fingerprint density at radius 2 is 1.75 bits per heavy atom. The first-order chi connectivity index (χ1) is 13.6. The summed E-state index contributed by atoms with van der Waals surface area (Å²) in [5.41, 5.74) is 1.13. The van der Waals surface area contributed by atoms with Crippen LogP contribution in [0.1, 0.15) is 25.3 Å². The van der Waals surface area contributed by atoms with Gasteiger partial charge in [0, 0.05) is 16.2 Å². The van der Waals surface area contributed by atoms with E-state index in [-0.39, 0.29) is 5.97 Å². The Labute approximate surface area is 174 Å². The van der Waals surface area contributed by atoms with Crippen molar-refractivity contribution >= 4 is 29.3 Å². The van der Waals surface area contributed by atoms with E-state index in [0.717, 1.165) is 27.5 Å². The maximum atomic E-state index is 11.6. The molecule has 0 saturated carbocycles. The number of hydrogen-bond donors (Lipinski definition) is 0. The highest BCUT2D eigenvalue weighted by molar-refractivity contribution is 7.99. The summed E-state index contributed by atoms with van der Waals surface area (Å²) in [5.74, 6) is 0.933. The molecule has 144 valence electrons. The van der Waals surface area contributed by atoms with Crippen molar-refractivity contribution in [2.45, 2.75) is 36.2 Å². The fraction of sp³-hybridized carbons (Fsp3) is 0.174. The predicted molar refractivity (Wildman–Crippen MR) is 113 cm³/mol. The highest BCUT2D eigenvalue weighted by Gasteiger charge is 2.09. The highest BCUT2D eigenvalue weighted by atomic mass is 35.5. The van der Waals surface area contributed by atoms with Crippen molar-refractivity contribution in [1.29, 1.82) is 0 Å². The number of carbonyl (C=O) groups is 1. The minimum atomic E-state index is -0.270. The van der Waals surface area contributed by atoms with Crippen LogP contribution in [0.15, 0.2) is 82.6 Å². The molecule has 28 heavy (non-hydrogen) atoms. The van der Waals surface area contributed by atoms with E-state index in [1.807, 2.05) is 67.6 Å². The Morgan fingerprint density at radius 3 is 2.50 bits per heavy atom.